The fourth-order valence-electron chi connectivity index (χ4n) is 3.49. The molecule has 1 aromatic heterocycles. The molecule has 9 nitrogen and oxygen atoms in total. The van der Waals surface area contributed by atoms with Gasteiger partial charge in [0.05, 0.1) is 18.3 Å². The number of halogens is 2. The summed E-state index contributed by atoms with van der Waals surface area (Å²) in [6, 6.07) is 8.01. The first-order valence-corrected chi connectivity index (χ1v) is 9.30. The smallest absolute Gasteiger partial charge is 0.348 e. The number of hydrogen-bond acceptors (Lipinski definition) is 5. The average Bonchev–Trinajstić information content (AvgIpc) is 3.00. The molecule has 1 N–H and O–H groups in total. The van der Waals surface area contributed by atoms with Gasteiger partial charge in [-0.1, -0.05) is 37.2 Å². The van der Waals surface area contributed by atoms with Crippen LogP contribution in [0.5, 0.6) is 0 Å². The van der Waals surface area contributed by atoms with Gasteiger partial charge < -0.3 is 10.1 Å². The zero-order chi connectivity index (χ0) is 21.9. The molecule has 1 saturated heterocycles. The van der Waals surface area contributed by atoms with Crippen molar-refractivity contribution in [2.75, 3.05) is 11.9 Å². The van der Waals surface area contributed by atoms with Crippen molar-refractivity contribution in [3.8, 4) is 0 Å². The quantitative estimate of drug-likeness (QED) is 0.437. The molecule has 4 atom stereocenters. The first kappa shape index (κ1) is 21.4. The predicted octanol–water partition coefficient (Wildman–Crippen LogP) is 3.60. The van der Waals surface area contributed by atoms with E-state index in [-0.39, 0.29) is 12.1 Å². The van der Waals surface area contributed by atoms with Crippen LogP contribution in [0.1, 0.15) is 36.9 Å². The molecule has 1 aliphatic heterocycles. The maximum atomic E-state index is 15.0. The molecule has 1 aromatic carbocycles. The lowest BCUT2D eigenvalue weighted by Gasteiger charge is -2.30. The molecule has 1 unspecified atom stereocenters. The Morgan fingerprint density at radius 2 is 2.13 bits per heavy atom. The molecular formula is C19H20F2N6O3. The van der Waals surface area contributed by atoms with Crippen molar-refractivity contribution < 1.29 is 18.3 Å². The van der Waals surface area contributed by atoms with Crippen molar-refractivity contribution in [1.82, 2.24) is 9.55 Å². The number of anilines is 1. The second-order valence-corrected chi connectivity index (χ2v) is 7.00. The summed E-state index contributed by atoms with van der Waals surface area (Å²) in [5, 5.41) is 5.72. The standard InChI is InChI=1S/C19H20F2N6O3/c1-3-19(10-23-26-22)11(2)14(21)17(30-19)27-9-13(20)15(25-18(27)29)24-16(28)12-7-5-4-6-8-12/h4-9,11,14,17H,3,10H2,1-2H3,(H,24,25,28,29)/t11-,14+,17?,19-/m0/s1. The van der Waals surface area contributed by atoms with Crippen molar-refractivity contribution in [1.29, 1.82) is 0 Å². The number of alkyl halides is 1. The van der Waals surface area contributed by atoms with Crippen molar-refractivity contribution in [2.24, 2.45) is 11.0 Å². The lowest BCUT2D eigenvalue weighted by molar-refractivity contribution is -0.0863. The summed E-state index contributed by atoms with van der Waals surface area (Å²) in [4.78, 5) is 30.9. The third-order valence-electron chi connectivity index (χ3n) is 5.38. The number of azide groups is 1. The van der Waals surface area contributed by atoms with Crippen LogP contribution < -0.4 is 11.0 Å². The zero-order valence-electron chi connectivity index (χ0n) is 16.3. The largest absolute Gasteiger partial charge is 0.351 e. The highest BCUT2D eigenvalue weighted by atomic mass is 19.1. The van der Waals surface area contributed by atoms with E-state index in [9.17, 15) is 18.4 Å². The lowest BCUT2D eigenvalue weighted by Crippen LogP contribution is -2.38. The first-order valence-electron chi connectivity index (χ1n) is 9.30. The van der Waals surface area contributed by atoms with Gasteiger partial charge in [0.2, 0.25) is 0 Å². The second-order valence-electron chi connectivity index (χ2n) is 7.00. The van der Waals surface area contributed by atoms with Gasteiger partial charge in [0.1, 0.15) is 0 Å². The van der Waals surface area contributed by atoms with Crippen LogP contribution in [-0.2, 0) is 4.74 Å². The number of nitrogens with zero attached hydrogens (tertiary/aromatic N) is 5. The van der Waals surface area contributed by atoms with Crippen LogP contribution >= 0.6 is 0 Å². The second kappa shape index (κ2) is 8.60. The molecule has 3 rings (SSSR count). The molecule has 0 spiro atoms. The summed E-state index contributed by atoms with van der Waals surface area (Å²) in [6.45, 7) is 3.18. The van der Waals surface area contributed by atoms with Crippen molar-refractivity contribution >= 4 is 11.7 Å². The molecule has 2 heterocycles. The van der Waals surface area contributed by atoms with E-state index in [2.05, 4.69) is 20.3 Å². The third-order valence-corrected chi connectivity index (χ3v) is 5.38. The molecule has 30 heavy (non-hydrogen) atoms. The molecule has 1 amide bonds. The summed E-state index contributed by atoms with van der Waals surface area (Å²) < 4.78 is 36.0. The van der Waals surface area contributed by atoms with Crippen molar-refractivity contribution in [3.63, 3.8) is 0 Å². The third kappa shape index (κ3) is 3.89. The maximum absolute atomic E-state index is 15.0. The van der Waals surface area contributed by atoms with E-state index in [0.717, 1.165) is 6.20 Å². The van der Waals surface area contributed by atoms with E-state index in [1.165, 1.54) is 12.1 Å². The number of hydrogen-bond donors (Lipinski definition) is 1. The van der Waals surface area contributed by atoms with Gasteiger partial charge in [-0.3, -0.25) is 9.36 Å². The molecule has 1 fully saturated rings. The normalized spacial score (nSPS) is 25.5. The van der Waals surface area contributed by atoms with Crippen LogP contribution in [0.15, 0.2) is 46.4 Å². The zero-order valence-corrected chi connectivity index (χ0v) is 16.3. The van der Waals surface area contributed by atoms with Gasteiger partial charge in [0, 0.05) is 16.4 Å². The molecule has 1 aliphatic rings. The predicted molar refractivity (Wildman–Crippen MR) is 104 cm³/mol. The van der Waals surface area contributed by atoms with Gasteiger partial charge in [-0.05, 0) is 24.1 Å². The highest BCUT2D eigenvalue weighted by molar-refractivity contribution is 6.03. The molecule has 0 radical (unpaired) electrons. The average molecular weight is 418 g/mol. The highest BCUT2D eigenvalue weighted by Gasteiger charge is 2.53. The Balaban J connectivity index is 1.89. The van der Waals surface area contributed by atoms with E-state index in [0.29, 0.717) is 11.0 Å². The highest BCUT2D eigenvalue weighted by Crippen LogP contribution is 2.45. The Morgan fingerprint density at radius 3 is 2.77 bits per heavy atom. The Kier molecular flexibility index (Phi) is 6.14. The van der Waals surface area contributed by atoms with Gasteiger partial charge >= 0.3 is 5.69 Å². The molecular weight excluding hydrogens is 398 g/mol. The van der Waals surface area contributed by atoms with Gasteiger partial charge in [-0.25, -0.2) is 13.6 Å². The molecule has 0 saturated carbocycles. The number of aromatic nitrogens is 2. The molecule has 11 heteroatoms. The van der Waals surface area contributed by atoms with Crippen LogP contribution in [0, 0.1) is 11.7 Å². The molecule has 158 valence electrons. The fourth-order valence-corrected chi connectivity index (χ4v) is 3.49. The van der Waals surface area contributed by atoms with Crippen LogP contribution in [-0.4, -0.2) is 33.8 Å². The topological polar surface area (TPSA) is 122 Å². The first-order chi connectivity index (χ1) is 14.3. The minimum absolute atomic E-state index is 0.131. The van der Waals surface area contributed by atoms with Gasteiger partial charge in [0.25, 0.3) is 5.91 Å². The van der Waals surface area contributed by atoms with Crippen LogP contribution in [0.4, 0.5) is 14.6 Å². The summed E-state index contributed by atoms with van der Waals surface area (Å²) in [7, 11) is 0. The SMILES string of the molecule is CC[C@@]1(CN=[N+]=[N-])OC(n2cc(F)c(NC(=O)c3ccccc3)nc2=O)[C@H](F)[C@@H]1C. The Morgan fingerprint density at radius 1 is 1.43 bits per heavy atom. The van der Waals surface area contributed by atoms with Crippen LogP contribution in [0.25, 0.3) is 10.4 Å². The van der Waals surface area contributed by atoms with E-state index in [4.69, 9.17) is 10.3 Å². The summed E-state index contributed by atoms with van der Waals surface area (Å²) in [5.74, 6) is -2.95. The number of carbonyl (C=O) groups is 1. The maximum Gasteiger partial charge on any atom is 0.351 e. The number of amides is 1. The molecule has 0 aliphatic carbocycles. The Hall–Kier alpha value is -3.30. The lowest BCUT2D eigenvalue weighted by atomic mass is 9.85. The minimum atomic E-state index is -1.66. The number of carbonyl (C=O) groups excluding carboxylic acids is 1. The van der Waals surface area contributed by atoms with Crippen molar-refractivity contribution in [3.05, 3.63) is 68.8 Å². The van der Waals surface area contributed by atoms with E-state index < -0.39 is 47.2 Å². The summed E-state index contributed by atoms with van der Waals surface area (Å²) in [5.41, 5.74) is 6.73. The minimum Gasteiger partial charge on any atom is -0.348 e. The summed E-state index contributed by atoms with van der Waals surface area (Å²) in [6.07, 6.45) is -2.04. The Bertz CT molecular complexity index is 1040. The fraction of sp³-hybridized carbons (Fsp3) is 0.421. The van der Waals surface area contributed by atoms with Crippen LogP contribution in [0.2, 0.25) is 0 Å². The van der Waals surface area contributed by atoms with Gasteiger partial charge in [-0.15, -0.1) is 0 Å². The monoisotopic (exact) mass is 418 g/mol. The van der Waals surface area contributed by atoms with Crippen LogP contribution in [0.3, 0.4) is 0 Å². The summed E-state index contributed by atoms with van der Waals surface area (Å²) >= 11 is 0. The molecule has 0 bridgehead atoms. The van der Waals surface area contributed by atoms with E-state index in [1.54, 1.807) is 32.0 Å². The molecule has 2 aromatic rings. The Labute approximate surface area is 170 Å². The van der Waals surface area contributed by atoms with Crippen molar-refractivity contribution in [2.45, 2.75) is 38.3 Å². The number of benzene rings is 1. The number of ether oxygens (including phenoxy) is 1. The van der Waals surface area contributed by atoms with Gasteiger partial charge in [-0.2, -0.15) is 4.98 Å². The number of rotatable bonds is 6. The van der Waals surface area contributed by atoms with E-state index >= 15 is 0 Å². The number of nitrogens with one attached hydrogen (secondary N) is 1. The van der Waals surface area contributed by atoms with E-state index in [1.807, 2.05) is 0 Å². The van der Waals surface area contributed by atoms with Gasteiger partial charge in [0.15, 0.2) is 24.0 Å².